The smallest absolute Gasteiger partial charge is 0.242 e. The van der Waals surface area contributed by atoms with Crippen molar-refractivity contribution in [3.63, 3.8) is 0 Å². The number of thioether (sulfide) groups is 1. The maximum absolute atomic E-state index is 13.6. The van der Waals surface area contributed by atoms with Crippen LogP contribution in [-0.2, 0) is 9.59 Å². The molecule has 0 aliphatic carbocycles. The van der Waals surface area contributed by atoms with Gasteiger partial charge in [0.15, 0.2) is 5.17 Å². The van der Waals surface area contributed by atoms with E-state index in [1.807, 2.05) is 0 Å². The second kappa shape index (κ2) is 8.22. The van der Waals surface area contributed by atoms with E-state index in [0.717, 1.165) is 0 Å². The van der Waals surface area contributed by atoms with Crippen molar-refractivity contribution in [3.05, 3.63) is 54.3 Å². The van der Waals surface area contributed by atoms with E-state index in [-0.39, 0.29) is 18.0 Å². The molecular weight excluding hydrogens is 369 g/mol. The Balaban J connectivity index is 1.69. The van der Waals surface area contributed by atoms with Crippen molar-refractivity contribution in [1.82, 2.24) is 4.90 Å². The van der Waals surface area contributed by atoms with Gasteiger partial charge < -0.3 is 10.1 Å². The first-order chi connectivity index (χ1) is 13.0. The average molecular weight is 387 g/mol. The first-order valence-corrected chi connectivity index (χ1v) is 9.07. The number of hydrogen-bond donors (Lipinski definition) is 1. The molecule has 0 unspecified atom stereocenters. The van der Waals surface area contributed by atoms with Gasteiger partial charge in [-0.3, -0.25) is 14.5 Å². The van der Waals surface area contributed by atoms with Crippen molar-refractivity contribution in [2.45, 2.75) is 11.7 Å². The number of anilines is 1. The predicted octanol–water partition coefficient (Wildman–Crippen LogP) is 3.42. The average Bonchev–Trinajstić information content (AvgIpc) is 2.91. The first-order valence-electron chi connectivity index (χ1n) is 8.19. The number of nitrogens with zero attached hydrogens (tertiary/aromatic N) is 2. The van der Waals surface area contributed by atoms with Crippen LogP contribution in [0, 0.1) is 5.82 Å². The third kappa shape index (κ3) is 4.46. The Labute approximate surface area is 160 Å². The summed E-state index contributed by atoms with van der Waals surface area (Å²) in [6.07, 6.45) is -0.0701. The van der Waals surface area contributed by atoms with Crippen LogP contribution < -0.4 is 10.1 Å². The van der Waals surface area contributed by atoms with Gasteiger partial charge in [0.25, 0.3) is 0 Å². The summed E-state index contributed by atoms with van der Waals surface area (Å²) >= 11 is 1.21. The van der Waals surface area contributed by atoms with Gasteiger partial charge in [-0.05, 0) is 24.3 Å². The summed E-state index contributed by atoms with van der Waals surface area (Å²) in [6, 6.07) is 13.1. The molecule has 1 N–H and O–H groups in total. The topological polar surface area (TPSA) is 71.0 Å². The largest absolute Gasteiger partial charge is 0.497 e. The van der Waals surface area contributed by atoms with E-state index < -0.39 is 17.0 Å². The zero-order valence-electron chi connectivity index (χ0n) is 14.8. The van der Waals surface area contributed by atoms with Gasteiger partial charge in [0.05, 0.1) is 18.5 Å². The predicted molar refractivity (Wildman–Crippen MR) is 104 cm³/mol. The molecule has 1 saturated heterocycles. The second-order valence-electron chi connectivity index (χ2n) is 5.83. The molecular formula is C19H18FN3O3S. The second-order valence-corrected chi connectivity index (χ2v) is 7.00. The highest BCUT2D eigenvalue weighted by atomic mass is 32.2. The monoisotopic (exact) mass is 387 g/mol. The SMILES string of the molecule is COc1cccc(N=C2S[C@@H](CC(=O)Nc3ccccc3F)C(=O)N2C)c1. The van der Waals surface area contributed by atoms with Crippen LogP contribution in [0.25, 0.3) is 0 Å². The van der Waals surface area contributed by atoms with Gasteiger partial charge in [-0.1, -0.05) is 30.0 Å². The van der Waals surface area contributed by atoms with E-state index >= 15 is 0 Å². The molecule has 3 rings (SSSR count). The van der Waals surface area contributed by atoms with Crippen LogP contribution >= 0.6 is 11.8 Å². The summed E-state index contributed by atoms with van der Waals surface area (Å²) in [5.74, 6) is -0.504. The minimum Gasteiger partial charge on any atom is -0.497 e. The minimum absolute atomic E-state index is 0.0701. The number of rotatable bonds is 5. The molecule has 0 spiro atoms. The maximum Gasteiger partial charge on any atom is 0.242 e. The maximum atomic E-state index is 13.6. The third-order valence-corrected chi connectivity index (χ3v) is 5.17. The molecule has 1 aliphatic heterocycles. The molecule has 0 aromatic heterocycles. The number of amidine groups is 1. The molecule has 8 heteroatoms. The Bertz CT molecular complexity index is 903. The molecule has 27 heavy (non-hydrogen) atoms. The van der Waals surface area contributed by atoms with E-state index in [9.17, 15) is 14.0 Å². The van der Waals surface area contributed by atoms with Crippen LogP contribution in [0.1, 0.15) is 6.42 Å². The number of carbonyl (C=O) groups is 2. The molecule has 2 aromatic rings. The number of amides is 2. The lowest BCUT2D eigenvalue weighted by molar-refractivity contribution is -0.127. The van der Waals surface area contributed by atoms with Gasteiger partial charge in [0.1, 0.15) is 16.8 Å². The fourth-order valence-electron chi connectivity index (χ4n) is 2.52. The van der Waals surface area contributed by atoms with Gasteiger partial charge in [0.2, 0.25) is 11.8 Å². The van der Waals surface area contributed by atoms with E-state index in [2.05, 4.69) is 10.3 Å². The van der Waals surface area contributed by atoms with Crippen LogP contribution in [0.15, 0.2) is 53.5 Å². The molecule has 1 heterocycles. The molecule has 0 bridgehead atoms. The summed E-state index contributed by atoms with van der Waals surface area (Å²) in [4.78, 5) is 30.5. The number of carbonyl (C=O) groups excluding carboxylic acids is 2. The fraction of sp³-hybridized carbons (Fsp3) is 0.211. The number of hydrogen-bond acceptors (Lipinski definition) is 5. The highest BCUT2D eigenvalue weighted by Gasteiger charge is 2.37. The van der Waals surface area contributed by atoms with Crippen molar-refractivity contribution >= 4 is 40.1 Å². The Hall–Kier alpha value is -2.87. The van der Waals surface area contributed by atoms with Gasteiger partial charge in [0, 0.05) is 19.5 Å². The minimum atomic E-state index is -0.605. The summed E-state index contributed by atoms with van der Waals surface area (Å²) < 4.78 is 18.8. The molecule has 1 atom stereocenters. The van der Waals surface area contributed by atoms with Crippen molar-refractivity contribution in [3.8, 4) is 5.75 Å². The Morgan fingerprint density at radius 1 is 1.30 bits per heavy atom. The van der Waals surface area contributed by atoms with E-state index in [4.69, 9.17) is 4.74 Å². The third-order valence-electron chi connectivity index (χ3n) is 3.94. The Morgan fingerprint density at radius 2 is 2.07 bits per heavy atom. The van der Waals surface area contributed by atoms with Crippen LogP contribution in [0.3, 0.4) is 0 Å². The van der Waals surface area contributed by atoms with Gasteiger partial charge in [-0.25, -0.2) is 9.38 Å². The highest BCUT2D eigenvalue weighted by Crippen LogP contribution is 2.31. The summed E-state index contributed by atoms with van der Waals surface area (Å²) in [6.45, 7) is 0. The van der Waals surface area contributed by atoms with Gasteiger partial charge >= 0.3 is 0 Å². The zero-order valence-corrected chi connectivity index (χ0v) is 15.6. The number of ether oxygens (including phenoxy) is 1. The Kier molecular flexibility index (Phi) is 5.75. The molecule has 1 aliphatic rings. The van der Waals surface area contributed by atoms with Crippen molar-refractivity contribution < 1.29 is 18.7 Å². The molecule has 2 aromatic carbocycles. The van der Waals surface area contributed by atoms with Crippen LogP contribution in [-0.4, -0.2) is 41.3 Å². The number of halogens is 1. The van der Waals surface area contributed by atoms with Crippen molar-refractivity contribution in [2.24, 2.45) is 4.99 Å². The first kappa shape index (κ1) is 18.9. The molecule has 6 nitrogen and oxygen atoms in total. The van der Waals surface area contributed by atoms with Crippen LogP contribution in [0.2, 0.25) is 0 Å². The van der Waals surface area contributed by atoms with E-state index in [1.165, 1.54) is 34.9 Å². The zero-order chi connectivity index (χ0) is 19.4. The molecule has 0 saturated carbocycles. The Morgan fingerprint density at radius 3 is 2.81 bits per heavy atom. The lowest BCUT2D eigenvalue weighted by Gasteiger charge is -2.09. The van der Waals surface area contributed by atoms with E-state index in [0.29, 0.717) is 16.6 Å². The number of benzene rings is 2. The highest BCUT2D eigenvalue weighted by molar-refractivity contribution is 8.15. The molecule has 0 radical (unpaired) electrons. The quantitative estimate of drug-likeness (QED) is 0.853. The van der Waals surface area contributed by atoms with Gasteiger partial charge in [-0.2, -0.15) is 0 Å². The molecule has 1 fully saturated rings. The summed E-state index contributed by atoms with van der Waals surface area (Å²) in [7, 11) is 3.18. The lowest BCUT2D eigenvalue weighted by Crippen LogP contribution is -2.30. The number of nitrogens with one attached hydrogen (secondary N) is 1. The van der Waals surface area contributed by atoms with E-state index in [1.54, 1.807) is 44.5 Å². The number of methoxy groups -OCH3 is 1. The van der Waals surface area contributed by atoms with Crippen LogP contribution in [0.5, 0.6) is 5.75 Å². The lowest BCUT2D eigenvalue weighted by atomic mass is 10.2. The van der Waals surface area contributed by atoms with Crippen molar-refractivity contribution in [2.75, 3.05) is 19.5 Å². The van der Waals surface area contributed by atoms with Gasteiger partial charge in [-0.15, -0.1) is 0 Å². The number of para-hydroxylation sites is 1. The normalized spacial score (nSPS) is 18.0. The fourth-order valence-corrected chi connectivity index (χ4v) is 3.67. The number of aliphatic imine (C=N–C) groups is 1. The molecule has 140 valence electrons. The summed E-state index contributed by atoms with van der Waals surface area (Å²) in [5.41, 5.74) is 0.740. The summed E-state index contributed by atoms with van der Waals surface area (Å²) in [5, 5.41) is 2.39. The van der Waals surface area contributed by atoms with Crippen LogP contribution in [0.4, 0.5) is 15.8 Å². The van der Waals surface area contributed by atoms with Crippen molar-refractivity contribution in [1.29, 1.82) is 0 Å². The molecule has 2 amide bonds. The standard InChI is InChI=1S/C19H18FN3O3S/c1-23-18(25)16(11-17(24)22-15-9-4-3-8-14(15)20)27-19(23)21-12-6-5-7-13(10-12)26-2/h3-10,16H,11H2,1-2H3,(H,22,24)/t16-/m0/s1.